The van der Waals surface area contributed by atoms with Crippen molar-refractivity contribution in [2.24, 2.45) is 0 Å². The number of nitrogens with zero attached hydrogens (tertiary/aromatic N) is 3. The van der Waals surface area contributed by atoms with Crippen molar-refractivity contribution in [3.63, 3.8) is 0 Å². The normalized spacial score (nSPS) is 16.9. The van der Waals surface area contributed by atoms with Crippen molar-refractivity contribution < 1.29 is 9.59 Å². The molecule has 0 saturated heterocycles. The molecule has 2 heterocycles. The highest BCUT2D eigenvalue weighted by Crippen LogP contribution is 2.37. The van der Waals surface area contributed by atoms with Crippen molar-refractivity contribution in [1.29, 1.82) is 5.26 Å². The molecular weight excluding hydrogens is 352 g/mol. The summed E-state index contributed by atoms with van der Waals surface area (Å²) in [6.07, 6.45) is 3.51. The van der Waals surface area contributed by atoms with Crippen molar-refractivity contribution in [2.45, 2.75) is 39.3 Å². The van der Waals surface area contributed by atoms with Gasteiger partial charge in [-0.15, -0.1) is 0 Å². The molecule has 2 aromatic rings. The van der Waals surface area contributed by atoms with E-state index in [0.717, 1.165) is 11.1 Å². The van der Waals surface area contributed by atoms with Crippen LogP contribution in [0.5, 0.6) is 0 Å². The molecule has 3 rings (SSSR count). The third kappa shape index (κ3) is 3.79. The maximum Gasteiger partial charge on any atom is 0.325 e. The van der Waals surface area contributed by atoms with E-state index in [1.54, 1.807) is 19.3 Å². The Morgan fingerprint density at radius 2 is 2.04 bits per heavy atom. The number of rotatable bonds is 3. The van der Waals surface area contributed by atoms with Gasteiger partial charge in [0.15, 0.2) is 0 Å². The second-order valence-corrected chi connectivity index (χ2v) is 7.12. The first-order valence-electron chi connectivity index (χ1n) is 9.15. The third-order valence-electron chi connectivity index (χ3n) is 4.63. The Balaban J connectivity index is 2.11. The van der Waals surface area contributed by atoms with Gasteiger partial charge < -0.3 is 5.32 Å². The summed E-state index contributed by atoms with van der Waals surface area (Å²) in [5.74, 6) is -0.313. The summed E-state index contributed by atoms with van der Waals surface area (Å²) < 4.78 is 0. The molecule has 0 saturated carbocycles. The van der Waals surface area contributed by atoms with Crippen LogP contribution in [0.25, 0.3) is 11.1 Å². The zero-order chi connectivity index (χ0) is 20.3. The number of nitriles is 1. The first-order chi connectivity index (χ1) is 13.4. The van der Waals surface area contributed by atoms with Crippen LogP contribution >= 0.6 is 0 Å². The summed E-state index contributed by atoms with van der Waals surface area (Å²) in [6.45, 7) is 5.43. The van der Waals surface area contributed by atoms with Crippen LogP contribution in [0.3, 0.4) is 0 Å². The Morgan fingerprint density at radius 1 is 1.29 bits per heavy atom. The van der Waals surface area contributed by atoms with Crippen LogP contribution in [0.15, 0.2) is 59.9 Å². The molecule has 1 unspecified atom stereocenters. The lowest BCUT2D eigenvalue weighted by Gasteiger charge is -2.35. The highest BCUT2D eigenvalue weighted by molar-refractivity contribution is 5.98. The second-order valence-electron chi connectivity index (χ2n) is 7.12. The molecule has 0 spiro atoms. The minimum atomic E-state index is -0.748. The van der Waals surface area contributed by atoms with Crippen molar-refractivity contribution in [3.8, 4) is 17.2 Å². The van der Waals surface area contributed by atoms with E-state index in [0.29, 0.717) is 16.7 Å². The molecular formula is C22H22N4O2. The topological polar surface area (TPSA) is 86.1 Å². The van der Waals surface area contributed by atoms with Gasteiger partial charge in [0.05, 0.1) is 11.6 Å². The summed E-state index contributed by atoms with van der Waals surface area (Å²) in [5, 5.41) is 12.5. The minimum absolute atomic E-state index is 0.0627. The fraction of sp³-hybridized carbons (Fsp3) is 0.273. The average molecular weight is 374 g/mol. The molecule has 28 heavy (non-hydrogen) atoms. The lowest BCUT2D eigenvalue weighted by Crippen LogP contribution is -2.50. The Bertz CT molecular complexity index is 974. The molecule has 6 heteroatoms. The third-order valence-corrected chi connectivity index (χ3v) is 4.63. The van der Waals surface area contributed by atoms with Gasteiger partial charge in [-0.2, -0.15) is 5.26 Å². The van der Waals surface area contributed by atoms with Crippen molar-refractivity contribution >= 4 is 11.9 Å². The molecule has 1 aromatic heterocycles. The summed E-state index contributed by atoms with van der Waals surface area (Å²) in [7, 11) is 0. The van der Waals surface area contributed by atoms with E-state index in [9.17, 15) is 14.9 Å². The molecule has 1 atom stereocenters. The zero-order valence-electron chi connectivity index (χ0n) is 16.1. The van der Waals surface area contributed by atoms with Gasteiger partial charge in [0, 0.05) is 24.9 Å². The van der Waals surface area contributed by atoms with Crippen LogP contribution < -0.4 is 5.32 Å². The number of urea groups is 1. The number of hydrogen-bond donors (Lipinski definition) is 1. The summed E-state index contributed by atoms with van der Waals surface area (Å²) in [5.41, 5.74) is 3.66. The van der Waals surface area contributed by atoms with Crippen LogP contribution in [0.1, 0.15) is 38.8 Å². The van der Waals surface area contributed by atoms with Gasteiger partial charge in [0.2, 0.25) is 5.91 Å². The average Bonchev–Trinajstić information content (AvgIpc) is 2.67. The van der Waals surface area contributed by atoms with E-state index >= 15 is 0 Å². The first-order valence-corrected chi connectivity index (χ1v) is 9.15. The Labute approximate surface area is 164 Å². The maximum absolute atomic E-state index is 12.8. The predicted molar refractivity (Wildman–Crippen MR) is 106 cm³/mol. The molecule has 0 fully saturated rings. The van der Waals surface area contributed by atoms with Crippen molar-refractivity contribution in [3.05, 3.63) is 65.5 Å². The summed E-state index contributed by atoms with van der Waals surface area (Å²) in [6, 6.07) is 12.2. The second kappa shape index (κ2) is 8.05. The zero-order valence-corrected chi connectivity index (χ0v) is 16.1. The predicted octanol–water partition coefficient (Wildman–Crippen LogP) is 3.98. The van der Waals surface area contributed by atoms with Crippen molar-refractivity contribution in [1.82, 2.24) is 15.2 Å². The molecule has 0 bridgehead atoms. The summed E-state index contributed by atoms with van der Waals surface area (Å²) >= 11 is 0. The monoisotopic (exact) mass is 374 g/mol. The highest BCUT2D eigenvalue weighted by atomic mass is 16.2. The van der Waals surface area contributed by atoms with Gasteiger partial charge in [-0.1, -0.05) is 24.3 Å². The number of imide groups is 1. The van der Waals surface area contributed by atoms with E-state index < -0.39 is 12.1 Å². The van der Waals surface area contributed by atoms with E-state index in [1.165, 1.54) is 4.90 Å². The van der Waals surface area contributed by atoms with E-state index in [1.807, 2.05) is 50.2 Å². The number of nitrogens with one attached hydrogen (secondary N) is 1. The van der Waals surface area contributed by atoms with Gasteiger partial charge in [-0.05, 0) is 55.2 Å². The molecule has 3 amide bonds. The highest BCUT2D eigenvalue weighted by Gasteiger charge is 2.38. The number of pyridine rings is 1. The van der Waals surface area contributed by atoms with Gasteiger partial charge in [0.25, 0.3) is 0 Å². The number of aromatic nitrogens is 1. The fourth-order valence-corrected chi connectivity index (χ4v) is 3.35. The molecule has 1 aliphatic rings. The lowest BCUT2D eigenvalue weighted by atomic mass is 9.88. The maximum atomic E-state index is 12.8. The molecule has 6 nitrogen and oxygen atoms in total. The summed E-state index contributed by atoms with van der Waals surface area (Å²) in [4.78, 5) is 30.8. The van der Waals surface area contributed by atoms with E-state index in [4.69, 9.17) is 0 Å². The fourth-order valence-electron chi connectivity index (χ4n) is 3.35. The SMILES string of the molecule is CC1=C(C#N)C(c2cccc(-c3cccnc3)c2)N(C(=O)NC(C)C)C(=O)C1. The lowest BCUT2D eigenvalue weighted by molar-refractivity contribution is -0.129. The van der Waals surface area contributed by atoms with Crippen LogP contribution in [0.2, 0.25) is 0 Å². The van der Waals surface area contributed by atoms with Crippen LogP contribution in [-0.2, 0) is 4.79 Å². The smallest absolute Gasteiger partial charge is 0.325 e. The van der Waals surface area contributed by atoms with Crippen LogP contribution in [-0.4, -0.2) is 27.9 Å². The van der Waals surface area contributed by atoms with E-state index in [-0.39, 0.29) is 18.4 Å². The van der Waals surface area contributed by atoms with Gasteiger partial charge in [-0.3, -0.25) is 14.7 Å². The number of amides is 3. The Morgan fingerprint density at radius 3 is 2.68 bits per heavy atom. The largest absolute Gasteiger partial charge is 0.335 e. The molecule has 142 valence electrons. The Hall–Kier alpha value is -3.46. The molecule has 1 N–H and O–H groups in total. The van der Waals surface area contributed by atoms with Crippen LogP contribution in [0, 0.1) is 11.3 Å². The minimum Gasteiger partial charge on any atom is -0.335 e. The number of benzene rings is 1. The molecule has 1 aliphatic heterocycles. The molecule has 0 aliphatic carbocycles. The van der Waals surface area contributed by atoms with E-state index in [2.05, 4.69) is 16.4 Å². The number of carbonyl (C=O) groups excluding carboxylic acids is 2. The number of carbonyl (C=O) groups is 2. The number of hydrogen-bond acceptors (Lipinski definition) is 4. The standard InChI is InChI=1S/C22H22N4O2/c1-14(2)25-22(28)26-20(27)10-15(3)19(12-23)21(26)17-7-4-6-16(11-17)18-8-5-9-24-13-18/h4-9,11,13-14,21H,10H2,1-3H3,(H,25,28). The van der Waals surface area contributed by atoms with Gasteiger partial charge >= 0.3 is 6.03 Å². The first kappa shape index (κ1) is 19.3. The Kier molecular flexibility index (Phi) is 5.55. The van der Waals surface area contributed by atoms with Gasteiger partial charge in [0.1, 0.15) is 6.04 Å². The quantitative estimate of drug-likeness (QED) is 0.880. The molecule has 0 radical (unpaired) electrons. The van der Waals surface area contributed by atoms with Gasteiger partial charge in [-0.25, -0.2) is 4.79 Å². The van der Waals surface area contributed by atoms with Crippen LogP contribution in [0.4, 0.5) is 4.79 Å². The van der Waals surface area contributed by atoms with Crippen molar-refractivity contribution in [2.75, 3.05) is 0 Å². The molecule has 1 aromatic carbocycles.